The number of urea groups is 1. The van der Waals surface area contributed by atoms with Crippen LogP contribution in [0.3, 0.4) is 0 Å². The third-order valence-corrected chi connectivity index (χ3v) is 2.90. The molecule has 0 heterocycles. The lowest BCUT2D eigenvalue weighted by molar-refractivity contribution is -0.119. The van der Waals surface area contributed by atoms with Crippen molar-refractivity contribution in [2.75, 3.05) is 5.32 Å². The predicted molar refractivity (Wildman–Crippen MR) is 74.1 cm³/mol. The van der Waals surface area contributed by atoms with Crippen LogP contribution in [0.4, 0.5) is 14.9 Å². The number of primary amides is 1. The van der Waals surface area contributed by atoms with Gasteiger partial charge in [-0.1, -0.05) is 29.3 Å². The van der Waals surface area contributed by atoms with Crippen LogP contribution in [0.2, 0.25) is 0 Å². The molecule has 1 atom stereocenters. The lowest BCUT2D eigenvalue weighted by atomic mass is 10.1. The molecule has 4 N–H and O–H groups in total. The zero-order valence-electron chi connectivity index (χ0n) is 10.4. The Morgan fingerprint density at radius 3 is 2.68 bits per heavy atom. The van der Waals surface area contributed by atoms with Gasteiger partial charge >= 0.3 is 6.03 Å². The quantitative estimate of drug-likeness (QED) is 0.773. The highest BCUT2D eigenvalue weighted by molar-refractivity contribution is 9.10. The van der Waals surface area contributed by atoms with Gasteiger partial charge in [0.25, 0.3) is 0 Å². The molecule has 1 aromatic carbocycles. The lowest BCUT2D eigenvalue weighted by Gasteiger charge is -2.15. The average Bonchev–Trinajstić information content (AvgIpc) is 2.32. The van der Waals surface area contributed by atoms with Crippen molar-refractivity contribution in [1.82, 2.24) is 5.32 Å². The Bertz CT molecular complexity index is 482. The number of nitrogens with two attached hydrogens (primary N) is 1. The fourth-order valence-corrected chi connectivity index (χ4v) is 1.81. The highest BCUT2D eigenvalue weighted by atomic mass is 79.9. The first-order valence-electron chi connectivity index (χ1n) is 5.76. The van der Waals surface area contributed by atoms with Gasteiger partial charge < -0.3 is 16.4 Å². The normalized spacial score (nSPS) is 11.7. The van der Waals surface area contributed by atoms with E-state index < -0.39 is 23.8 Å². The SMILES string of the molecule is CCC[C@H](NC(=O)Nc1ccc(Br)cc1F)C(N)=O. The van der Waals surface area contributed by atoms with Gasteiger partial charge in [-0.2, -0.15) is 0 Å². The Morgan fingerprint density at radius 1 is 1.47 bits per heavy atom. The summed E-state index contributed by atoms with van der Waals surface area (Å²) < 4.78 is 14.1. The molecule has 104 valence electrons. The number of halogens is 2. The van der Waals surface area contributed by atoms with Crippen LogP contribution in [0.25, 0.3) is 0 Å². The molecule has 0 aliphatic rings. The summed E-state index contributed by atoms with van der Waals surface area (Å²) in [5.41, 5.74) is 5.18. The van der Waals surface area contributed by atoms with E-state index in [1.807, 2.05) is 6.92 Å². The van der Waals surface area contributed by atoms with Crippen LogP contribution < -0.4 is 16.4 Å². The van der Waals surface area contributed by atoms with Crippen LogP contribution in [-0.2, 0) is 4.79 Å². The van der Waals surface area contributed by atoms with E-state index in [9.17, 15) is 14.0 Å². The van der Waals surface area contributed by atoms with Crippen LogP contribution in [0, 0.1) is 5.82 Å². The summed E-state index contributed by atoms with van der Waals surface area (Å²) in [4.78, 5) is 22.7. The van der Waals surface area contributed by atoms with Crippen molar-refractivity contribution in [3.8, 4) is 0 Å². The van der Waals surface area contributed by atoms with Crippen molar-refractivity contribution in [2.24, 2.45) is 5.73 Å². The third-order valence-electron chi connectivity index (χ3n) is 2.41. The third kappa shape index (κ3) is 4.86. The van der Waals surface area contributed by atoms with Gasteiger partial charge in [-0.3, -0.25) is 4.79 Å². The number of anilines is 1. The first kappa shape index (κ1) is 15.4. The van der Waals surface area contributed by atoms with Gasteiger partial charge in [-0.25, -0.2) is 9.18 Å². The molecule has 0 saturated heterocycles. The lowest BCUT2D eigenvalue weighted by Crippen LogP contribution is -2.46. The Kier molecular flexibility index (Phi) is 5.75. The fraction of sp³-hybridized carbons (Fsp3) is 0.333. The summed E-state index contributed by atoms with van der Waals surface area (Å²) in [7, 11) is 0. The Hall–Kier alpha value is -1.63. The standard InChI is InChI=1S/C12H15BrFN3O2/c1-2-3-10(11(15)18)17-12(19)16-9-5-4-7(13)6-8(9)14/h4-6,10H,2-3H2,1H3,(H2,15,18)(H2,16,17,19)/t10-/m0/s1. The Balaban J connectivity index is 2.66. The first-order valence-corrected chi connectivity index (χ1v) is 6.55. The van der Waals surface area contributed by atoms with Gasteiger partial charge in [0.15, 0.2) is 0 Å². The van der Waals surface area contributed by atoms with E-state index in [1.54, 1.807) is 6.07 Å². The van der Waals surface area contributed by atoms with Crippen molar-refractivity contribution >= 4 is 33.6 Å². The molecular formula is C12H15BrFN3O2. The van der Waals surface area contributed by atoms with E-state index in [-0.39, 0.29) is 5.69 Å². The number of nitrogens with one attached hydrogen (secondary N) is 2. The van der Waals surface area contributed by atoms with Crippen molar-refractivity contribution in [2.45, 2.75) is 25.8 Å². The minimum Gasteiger partial charge on any atom is -0.368 e. The van der Waals surface area contributed by atoms with E-state index in [0.29, 0.717) is 17.3 Å². The molecule has 0 bridgehead atoms. The number of carbonyl (C=O) groups is 2. The molecule has 3 amide bonds. The number of amides is 3. The second-order valence-corrected chi connectivity index (χ2v) is 4.88. The van der Waals surface area contributed by atoms with Crippen molar-refractivity contribution < 1.29 is 14.0 Å². The second kappa shape index (κ2) is 7.08. The highest BCUT2D eigenvalue weighted by Gasteiger charge is 2.17. The summed E-state index contributed by atoms with van der Waals surface area (Å²) in [5.74, 6) is -1.19. The van der Waals surface area contributed by atoms with Crippen LogP contribution in [-0.4, -0.2) is 18.0 Å². The molecule has 0 spiro atoms. The molecule has 0 unspecified atom stereocenters. The van der Waals surface area contributed by atoms with Gasteiger partial charge in [0.2, 0.25) is 5.91 Å². The number of carbonyl (C=O) groups excluding carboxylic acids is 2. The van der Waals surface area contributed by atoms with E-state index in [0.717, 1.165) is 0 Å². The van der Waals surface area contributed by atoms with Crippen LogP contribution in [0.1, 0.15) is 19.8 Å². The Labute approximate surface area is 118 Å². The molecule has 0 saturated carbocycles. The largest absolute Gasteiger partial charge is 0.368 e. The monoisotopic (exact) mass is 331 g/mol. The molecule has 0 aliphatic heterocycles. The molecule has 1 aromatic rings. The topological polar surface area (TPSA) is 84.2 Å². The summed E-state index contributed by atoms with van der Waals surface area (Å²) in [6, 6.07) is 2.81. The number of hydrogen-bond donors (Lipinski definition) is 3. The van der Waals surface area contributed by atoms with Gasteiger partial charge in [-0.15, -0.1) is 0 Å². The molecule has 19 heavy (non-hydrogen) atoms. The van der Waals surface area contributed by atoms with E-state index in [4.69, 9.17) is 5.73 Å². The molecule has 1 rings (SSSR count). The molecule has 0 radical (unpaired) electrons. The number of hydrogen-bond acceptors (Lipinski definition) is 2. The maximum Gasteiger partial charge on any atom is 0.319 e. The summed E-state index contributed by atoms with van der Waals surface area (Å²) >= 11 is 3.11. The van der Waals surface area contributed by atoms with Crippen molar-refractivity contribution in [3.63, 3.8) is 0 Å². The summed E-state index contributed by atoms with van der Waals surface area (Å²) in [6.45, 7) is 1.86. The molecule has 0 aromatic heterocycles. The molecule has 7 heteroatoms. The fourth-order valence-electron chi connectivity index (χ4n) is 1.48. The van der Waals surface area contributed by atoms with Crippen LogP contribution >= 0.6 is 15.9 Å². The first-order chi connectivity index (χ1) is 8.93. The molecule has 5 nitrogen and oxygen atoms in total. The van der Waals surface area contributed by atoms with Crippen molar-refractivity contribution in [3.05, 3.63) is 28.5 Å². The van der Waals surface area contributed by atoms with Gasteiger partial charge in [0.1, 0.15) is 11.9 Å². The minimum atomic E-state index is -0.761. The smallest absolute Gasteiger partial charge is 0.319 e. The molecule has 0 aliphatic carbocycles. The highest BCUT2D eigenvalue weighted by Crippen LogP contribution is 2.19. The number of rotatable bonds is 5. The van der Waals surface area contributed by atoms with Gasteiger partial charge in [0.05, 0.1) is 5.69 Å². The minimum absolute atomic E-state index is 0.0282. The average molecular weight is 332 g/mol. The van der Waals surface area contributed by atoms with Gasteiger partial charge in [-0.05, 0) is 24.6 Å². The maximum absolute atomic E-state index is 13.5. The van der Waals surface area contributed by atoms with E-state index in [1.165, 1.54) is 12.1 Å². The zero-order chi connectivity index (χ0) is 14.4. The van der Waals surface area contributed by atoms with Crippen molar-refractivity contribution in [1.29, 1.82) is 0 Å². The van der Waals surface area contributed by atoms with E-state index >= 15 is 0 Å². The van der Waals surface area contributed by atoms with Crippen LogP contribution in [0.5, 0.6) is 0 Å². The molecular weight excluding hydrogens is 317 g/mol. The summed E-state index contributed by atoms with van der Waals surface area (Å²) in [5, 5.41) is 4.73. The van der Waals surface area contributed by atoms with E-state index in [2.05, 4.69) is 26.6 Å². The second-order valence-electron chi connectivity index (χ2n) is 3.97. The zero-order valence-corrected chi connectivity index (χ0v) is 12.0. The predicted octanol–water partition coefficient (Wildman–Crippen LogP) is 2.36. The molecule has 0 fully saturated rings. The van der Waals surface area contributed by atoms with Crippen LogP contribution in [0.15, 0.2) is 22.7 Å². The van der Waals surface area contributed by atoms with Gasteiger partial charge in [0, 0.05) is 4.47 Å². The maximum atomic E-state index is 13.5. The number of benzene rings is 1. The Morgan fingerprint density at radius 2 is 2.16 bits per heavy atom. The summed E-state index contributed by atoms with van der Waals surface area (Å²) in [6.07, 6.45) is 1.13.